The van der Waals surface area contributed by atoms with E-state index >= 15 is 13.2 Å². The zero-order valence-electron chi connectivity index (χ0n) is 44.4. The Hall–Kier alpha value is -4.69. The van der Waals surface area contributed by atoms with Gasteiger partial charge >= 0.3 is 12.1 Å². The molecule has 16 heteroatoms. The molecule has 8 rings (SSSR count). The number of anilines is 1. The lowest BCUT2D eigenvalue weighted by atomic mass is 9.88. The standard InChI is InChI=1S/C52H69F3N6O6Si/c1-31(2)68(32(3)4,33(5)6)21-17-39-42(54)15-14-35-22-38(66-30-63-11)23-40(43(35)39)45-44(55)46-41(25-56-45)47(58-48(57-46)65-29-51-18-13-20-60(51)26-36(53)24-51)59-27-37-16-19-52(28-59,34(7)64-12)61(37)49(62)67-50(8,9)10/h14-15,22-23,25,31-34,36-37H,13,16,18-20,24,26-30H2,1-12H3/t34?,36-,37?,51+,52?/m1/s1/i12D3. The molecule has 1 amide bonds. The maximum Gasteiger partial charge on any atom is 0.411 e. The molecular formula is C52H69F3N6O6Si. The van der Waals surface area contributed by atoms with Crippen LogP contribution in [0.2, 0.25) is 16.6 Å². The van der Waals surface area contributed by atoms with Gasteiger partial charge in [-0.1, -0.05) is 53.5 Å². The molecule has 2 bridgehead atoms. The highest BCUT2D eigenvalue weighted by Gasteiger charge is 2.58. The van der Waals surface area contributed by atoms with Gasteiger partial charge in [-0.25, -0.2) is 18.0 Å². The Morgan fingerprint density at radius 2 is 1.78 bits per heavy atom. The zero-order valence-corrected chi connectivity index (χ0v) is 42.4. The molecule has 12 nitrogen and oxygen atoms in total. The molecule has 0 spiro atoms. The number of alkyl halides is 1. The molecule has 4 aliphatic heterocycles. The van der Waals surface area contributed by atoms with Gasteiger partial charge in [0, 0.05) is 57.3 Å². The Balaban J connectivity index is 1.33. The van der Waals surface area contributed by atoms with Gasteiger partial charge in [0.05, 0.1) is 38.3 Å². The number of piperazine rings is 1. The highest BCUT2D eigenvalue weighted by atomic mass is 28.3. The van der Waals surface area contributed by atoms with E-state index in [1.807, 2.05) is 4.90 Å². The van der Waals surface area contributed by atoms with E-state index in [4.69, 9.17) is 42.7 Å². The summed E-state index contributed by atoms with van der Waals surface area (Å²) in [5.41, 5.74) is 1.80. The number of halogens is 3. The number of hydrogen-bond acceptors (Lipinski definition) is 11. The van der Waals surface area contributed by atoms with Crippen LogP contribution in [0.3, 0.4) is 0 Å². The maximum absolute atomic E-state index is 18.2. The van der Waals surface area contributed by atoms with Gasteiger partial charge in [-0.3, -0.25) is 14.8 Å². The number of ether oxygens (including phenoxy) is 5. The minimum absolute atomic E-state index is 0.0227. The molecule has 0 saturated carbocycles. The molecule has 0 N–H and O–H groups in total. The number of methoxy groups -OCH3 is 2. The number of amides is 1. The summed E-state index contributed by atoms with van der Waals surface area (Å²) in [5.74, 6) is 2.46. The highest BCUT2D eigenvalue weighted by Crippen LogP contribution is 2.47. The SMILES string of the molecule is [2H]C([2H])([2H])OC(C)C12CCC(CN(c3nc(OC[C@@]45CCCN4C[C@H](F)C5)nc4c(F)c(-c5cc(OCOC)cc6ccc(F)c(C#C[Si](C(C)C)(C(C)C)C(C)C)c56)ncc34)C1)N2C(=O)OC(C)(C)C. The third kappa shape index (κ3) is 8.79. The minimum Gasteiger partial charge on any atom is -0.468 e. The van der Waals surface area contributed by atoms with Crippen molar-refractivity contribution >= 4 is 41.7 Å². The second-order valence-corrected chi connectivity index (χ2v) is 26.9. The molecule has 6 heterocycles. The van der Waals surface area contributed by atoms with E-state index in [0.29, 0.717) is 42.3 Å². The lowest BCUT2D eigenvalue weighted by Gasteiger charge is -2.51. The molecule has 5 atom stereocenters. The molecule has 4 aromatic rings. The van der Waals surface area contributed by atoms with Crippen molar-refractivity contribution in [2.75, 3.05) is 58.6 Å². The predicted molar refractivity (Wildman–Crippen MR) is 262 cm³/mol. The van der Waals surface area contributed by atoms with Crippen LogP contribution in [0.25, 0.3) is 32.9 Å². The van der Waals surface area contributed by atoms with E-state index in [0.717, 1.165) is 13.0 Å². The van der Waals surface area contributed by atoms with E-state index in [1.54, 1.807) is 50.8 Å². The van der Waals surface area contributed by atoms with Gasteiger partial charge in [0.2, 0.25) is 0 Å². The number of carbonyl (C=O) groups is 1. The smallest absolute Gasteiger partial charge is 0.411 e. The predicted octanol–water partition coefficient (Wildman–Crippen LogP) is 10.6. The monoisotopic (exact) mass is 962 g/mol. The van der Waals surface area contributed by atoms with Gasteiger partial charge in [-0.05, 0) is 100 Å². The second kappa shape index (κ2) is 18.9. The largest absolute Gasteiger partial charge is 0.468 e. The van der Waals surface area contributed by atoms with E-state index in [-0.39, 0.29) is 89.1 Å². The van der Waals surface area contributed by atoms with Crippen molar-refractivity contribution in [3.05, 3.63) is 47.7 Å². The van der Waals surface area contributed by atoms with Crippen LogP contribution in [-0.4, -0.2) is 128 Å². The Labute approximate surface area is 404 Å². The Morgan fingerprint density at radius 3 is 2.47 bits per heavy atom. The van der Waals surface area contributed by atoms with Crippen LogP contribution >= 0.6 is 0 Å². The number of hydrogen-bond donors (Lipinski definition) is 0. The van der Waals surface area contributed by atoms with E-state index < -0.39 is 67.8 Å². The summed E-state index contributed by atoms with van der Waals surface area (Å²) < 4.78 is 103. The molecule has 2 aromatic carbocycles. The number of rotatable bonds is 13. The number of nitrogens with zero attached hydrogens (tertiary/aromatic N) is 6. The number of aromatic nitrogens is 3. The van der Waals surface area contributed by atoms with Crippen molar-refractivity contribution in [3.63, 3.8) is 0 Å². The molecule has 3 unspecified atom stereocenters. The van der Waals surface area contributed by atoms with E-state index in [1.165, 1.54) is 19.4 Å². The van der Waals surface area contributed by atoms with Crippen molar-refractivity contribution in [1.29, 1.82) is 0 Å². The minimum atomic E-state index is -2.79. The molecular weight excluding hydrogens is 890 g/mol. The molecule has 0 radical (unpaired) electrons. The molecule has 68 heavy (non-hydrogen) atoms. The average molecular weight is 962 g/mol. The third-order valence-corrected chi connectivity index (χ3v) is 21.5. The van der Waals surface area contributed by atoms with Crippen LogP contribution < -0.4 is 14.4 Å². The topological polar surface area (TPSA) is 112 Å². The van der Waals surface area contributed by atoms with Gasteiger partial charge in [-0.2, -0.15) is 9.97 Å². The summed E-state index contributed by atoms with van der Waals surface area (Å²) in [4.78, 5) is 34.2. The Kier molecular flexibility index (Phi) is 12.7. The zero-order chi connectivity index (χ0) is 51.6. The molecule has 2 aromatic heterocycles. The van der Waals surface area contributed by atoms with Crippen molar-refractivity contribution in [2.45, 2.75) is 153 Å². The van der Waals surface area contributed by atoms with Gasteiger partial charge in [0.15, 0.2) is 12.6 Å². The molecule has 4 saturated heterocycles. The van der Waals surface area contributed by atoms with Gasteiger partial charge in [-0.15, -0.1) is 5.54 Å². The van der Waals surface area contributed by atoms with Crippen molar-refractivity contribution in [3.8, 4) is 34.5 Å². The fourth-order valence-electron chi connectivity index (χ4n) is 12.1. The van der Waals surface area contributed by atoms with Crippen LogP contribution in [0.1, 0.15) is 111 Å². The number of pyridine rings is 1. The van der Waals surface area contributed by atoms with Crippen LogP contribution in [0.5, 0.6) is 11.8 Å². The lowest BCUT2D eigenvalue weighted by molar-refractivity contribution is -0.0554. The summed E-state index contributed by atoms with van der Waals surface area (Å²) in [7, 11) is -3.69. The fraction of sp³-hybridized carbons (Fsp3) is 0.615. The Bertz CT molecular complexity index is 2710. The van der Waals surface area contributed by atoms with Crippen molar-refractivity contribution < 1.29 is 45.8 Å². The number of fused-ring (bicyclic) bond motifs is 5. The quantitative estimate of drug-likeness (QED) is 0.0725. The number of carbonyl (C=O) groups excluding carboxylic acids is 1. The maximum atomic E-state index is 18.2. The van der Waals surface area contributed by atoms with Crippen molar-refractivity contribution in [2.24, 2.45) is 0 Å². The first kappa shape index (κ1) is 45.7. The second-order valence-electron chi connectivity index (χ2n) is 21.4. The molecule has 4 fully saturated rings. The summed E-state index contributed by atoms with van der Waals surface area (Å²) in [6, 6.07) is 5.66. The summed E-state index contributed by atoms with van der Waals surface area (Å²) in [6.45, 7) is 21.2. The van der Waals surface area contributed by atoms with Crippen LogP contribution in [0.4, 0.5) is 23.8 Å². The normalized spacial score (nSPS) is 24.3. The average Bonchev–Trinajstić information content (AvgIpc) is 3.89. The third-order valence-electron chi connectivity index (χ3n) is 15.3. The van der Waals surface area contributed by atoms with E-state index in [9.17, 15) is 4.79 Å². The first-order valence-electron chi connectivity index (χ1n) is 25.6. The van der Waals surface area contributed by atoms with E-state index in [2.05, 4.69) is 57.9 Å². The van der Waals surface area contributed by atoms with Gasteiger partial charge in [0.25, 0.3) is 0 Å². The van der Waals surface area contributed by atoms with Crippen LogP contribution in [0.15, 0.2) is 30.5 Å². The molecule has 4 aliphatic rings. The first-order valence-corrected chi connectivity index (χ1v) is 26.3. The number of benzene rings is 2. The van der Waals surface area contributed by atoms with Crippen LogP contribution in [0, 0.1) is 23.1 Å². The fourth-order valence-corrected chi connectivity index (χ4v) is 17.4. The first-order chi connectivity index (χ1) is 33.3. The van der Waals surface area contributed by atoms with Gasteiger partial charge < -0.3 is 28.6 Å². The highest BCUT2D eigenvalue weighted by molar-refractivity contribution is 6.90. The Morgan fingerprint density at radius 1 is 1.03 bits per heavy atom. The molecule has 0 aliphatic carbocycles. The van der Waals surface area contributed by atoms with Crippen molar-refractivity contribution in [1.82, 2.24) is 24.8 Å². The van der Waals surface area contributed by atoms with Gasteiger partial charge in [0.1, 0.15) is 55.0 Å². The molecule has 368 valence electrons. The summed E-state index contributed by atoms with van der Waals surface area (Å²) in [5, 5.41) is 1.09. The van der Waals surface area contributed by atoms with Crippen LogP contribution in [-0.2, 0) is 14.2 Å². The summed E-state index contributed by atoms with van der Waals surface area (Å²) in [6.07, 6.45) is 1.55. The lowest BCUT2D eigenvalue weighted by Crippen LogP contribution is -2.68. The summed E-state index contributed by atoms with van der Waals surface area (Å²) >= 11 is 0.